The zero-order valence-corrected chi connectivity index (χ0v) is 7.49. The molecule has 1 saturated heterocycles. The lowest BCUT2D eigenvalue weighted by atomic mass is 10.6. The molecule has 0 aromatic heterocycles. The summed E-state index contributed by atoms with van der Waals surface area (Å²) in [6.07, 6.45) is 2.19. The van der Waals surface area contributed by atoms with Crippen LogP contribution in [0, 0.1) is 0 Å². The van der Waals surface area contributed by atoms with Crippen molar-refractivity contribution in [3.63, 3.8) is 0 Å². The average molecular weight is 214 g/mol. The molecular formula is C6H10BrClO. The van der Waals surface area contributed by atoms with Gasteiger partial charge in [-0.15, -0.1) is 18.2 Å². The van der Waals surface area contributed by atoms with E-state index >= 15 is 0 Å². The molecule has 0 aromatic carbocycles. The third kappa shape index (κ3) is 8.47. The van der Waals surface area contributed by atoms with Crippen molar-refractivity contribution in [3.8, 4) is 0 Å². The Labute approximate surface area is 69.2 Å². The van der Waals surface area contributed by atoms with E-state index in [-0.39, 0.29) is 0 Å². The van der Waals surface area contributed by atoms with Crippen molar-refractivity contribution in [2.75, 3.05) is 17.8 Å². The van der Waals surface area contributed by atoms with Gasteiger partial charge in [-0.1, -0.05) is 22.0 Å². The highest BCUT2D eigenvalue weighted by atomic mass is 79.9. The minimum atomic E-state index is 0.400. The van der Waals surface area contributed by atoms with Gasteiger partial charge in [0, 0.05) is 5.33 Å². The first kappa shape index (κ1) is 9.47. The predicted molar refractivity (Wildman–Crippen MR) is 44.5 cm³/mol. The lowest BCUT2D eigenvalue weighted by Gasteiger charge is -1.67. The van der Waals surface area contributed by atoms with Gasteiger partial charge in [-0.25, -0.2) is 0 Å². The Morgan fingerprint density at radius 1 is 1.89 bits per heavy atom. The van der Waals surface area contributed by atoms with Gasteiger partial charge in [0.1, 0.15) is 0 Å². The maximum absolute atomic E-state index is 5.27. The Kier molecular flexibility index (Phi) is 6.93. The van der Waals surface area contributed by atoms with Crippen LogP contribution in [0.1, 0.15) is 0 Å². The molecule has 0 saturated carbocycles. The van der Waals surface area contributed by atoms with E-state index in [2.05, 4.69) is 22.5 Å². The number of alkyl halides is 2. The zero-order chi connectivity index (χ0) is 7.11. The first-order chi connectivity index (χ1) is 4.35. The van der Waals surface area contributed by atoms with E-state index in [1.165, 1.54) is 0 Å². The minimum Gasteiger partial charge on any atom is -0.372 e. The van der Waals surface area contributed by atoms with Gasteiger partial charge in [0.25, 0.3) is 0 Å². The predicted octanol–water partition coefficient (Wildman–Crippen LogP) is 2.19. The standard InChI is InChI=1S/C3H5Br.C3H5ClO/c1-2-3-4;4-1-3-2-5-3/h2H,1,3H2;3H,1-2H2. The summed E-state index contributed by atoms with van der Waals surface area (Å²) >= 11 is 8.40. The number of ether oxygens (including phenoxy) is 1. The molecule has 1 unspecified atom stereocenters. The number of hydrogen-bond acceptors (Lipinski definition) is 1. The van der Waals surface area contributed by atoms with Crippen LogP contribution in [0.3, 0.4) is 0 Å². The van der Waals surface area contributed by atoms with Gasteiger partial charge in [-0.3, -0.25) is 0 Å². The lowest BCUT2D eigenvalue weighted by molar-refractivity contribution is 0.425. The van der Waals surface area contributed by atoms with Gasteiger partial charge < -0.3 is 4.74 Å². The van der Waals surface area contributed by atoms with Gasteiger partial charge in [0.05, 0.1) is 18.6 Å². The van der Waals surface area contributed by atoms with E-state index in [1.54, 1.807) is 6.08 Å². The normalized spacial score (nSPS) is 21.8. The number of epoxide rings is 1. The molecule has 9 heavy (non-hydrogen) atoms. The number of rotatable bonds is 2. The van der Waals surface area contributed by atoms with Crippen molar-refractivity contribution < 1.29 is 4.74 Å². The van der Waals surface area contributed by atoms with Crippen LogP contribution in [0.5, 0.6) is 0 Å². The van der Waals surface area contributed by atoms with Crippen molar-refractivity contribution >= 4 is 27.5 Å². The topological polar surface area (TPSA) is 12.5 Å². The third-order valence-electron chi connectivity index (χ3n) is 0.684. The molecule has 1 nitrogen and oxygen atoms in total. The summed E-state index contributed by atoms with van der Waals surface area (Å²) < 4.78 is 4.73. The van der Waals surface area contributed by atoms with E-state index in [0.717, 1.165) is 11.9 Å². The molecule has 0 radical (unpaired) electrons. The third-order valence-corrected chi connectivity index (χ3v) is 1.49. The maximum atomic E-state index is 5.27. The second-order valence-electron chi connectivity index (χ2n) is 1.55. The maximum Gasteiger partial charge on any atom is 0.0944 e. The Morgan fingerprint density at radius 3 is 2.33 bits per heavy atom. The van der Waals surface area contributed by atoms with Crippen molar-refractivity contribution in [2.45, 2.75) is 6.10 Å². The fourth-order valence-corrected chi connectivity index (χ4v) is 0.335. The monoisotopic (exact) mass is 212 g/mol. The first-order valence-corrected chi connectivity index (χ1v) is 4.35. The Bertz CT molecular complexity index is 73.5. The summed E-state index contributed by atoms with van der Waals surface area (Å²) in [5, 5.41) is 0.896. The fourth-order valence-electron chi connectivity index (χ4n) is 0.157. The summed E-state index contributed by atoms with van der Waals surface area (Å²) in [5.41, 5.74) is 0. The largest absolute Gasteiger partial charge is 0.372 e. The quantitative estimate of drug-likeness (QED) is 0.389. The van der Waals surface area contributed by atoms with Gasteiger partial charge in [0.15, 0.2) is 0 Å². The number of halogens is 2. The van der Waals surface area contributed by atoms with Crippen LogP contribution < -0.4 is 0 Å². The Morgan fingerprint density at radius 2 is 2.33 bits per heavy atom. The van der Waals surface area contributed by atoms with Crippen molar-refractivity contribution in [2.24, 2.45) is 0 Å². The number of hydrogen-bond donors (Lipinski definition) is 0. The second-order valence-corrected chi connectivity index (χ2v) is 2.51. The Hall–Kier alpha value is 0.470. The zero-order valence-electron chi connectivity index (χ0n) is 5.15. The molecule has 1 atom stereocenters. The molecule has 0 aliphatic carbocycles. The molecule has 3 heteroatoms. The van der Waals surface area contributed by atoms with Crippen LogP contribution in [0.2, 0.25) is 0 Å². The van der Waals surface area contributed by atoms with E-state index in [9.17, 15) is 0 Å². The number of allylic oxidation sites excluding steroid dienone is 1. The van der Waals surface area contributed by atoms with Crippen molar-refractivity contribution in [3.05, 3.63) is 12.7 Å². The van der Waals surface area contributed by atoms with Crippen LogP contribution in [0.15, 0.2) is 12.7 Å². The highest BCUT2D eigenvalue weighted by molar-refractivity contribution is 9.09. The molecule has 1 fully saturated rings. The van der Waals surface area contributed by atoms with E-state index in [4.69, 9.17) is 16.3 Å². The lowest BCUT2D eigenvalue weighted by Crippen LogP contribution is -1.80. The first-order valence-electron chi connectivity index (χ1n) is 2.69. The average Bonchev–Trinajstić information content (AvgIpc) is 2.70. The summed E-state index contributed by atoms with van der Waals surface area (Å²) in [5.74, 6) is 0.667. The van der Waals surface area contributed by atoms with Gasteiger partial charge >= 0.3 is 0 Å². The molecule has 0 amide bonds. The molecule has 1 rings (SSSR count). The highest BCUT2D eigenvalue weighted by Crippen LogP contribution is 2.08. The van der Waals surface area contributed by atoms with Crippen LogP contribution in [0.25, 0.3) is 0 Å². The Balaban J connectivity index is 0.000000148. The van der Waals surface area contributed by atoms with E-state index in [1.807, 2.05) is 0 Å². The summed E-state index contributed by atoms with van der Waals surface area (Å²) in [6.45, 7) is 4.31. The molecule has 1 aliphatic rings. The molecule has 0 aromatic rings. The van der Waals surface area contributed by atoms with Gasteiger partial charge in [-0.05, 0) is 0 Å². The van der Waals surface area contributed by atoms with Crippen molar-refractivity contribution in [1.29, 1.82) is 0 Å². The van der Waals surface area contributed by atoms with Crippen molar-refractivity contribution in [1.82, 2.24) is 0 Å². The van der Waals surface area contributed by atoms with E-state index < -0.39 is 0 Å². The van der Waals surface area contributed by atoms with Gasteiger partial charge in [0.2, 0.25) is 0 Å². The molecule has 0 bridgehead atoms. The van der Waals surface area contributed by atoms with Crippen LogP contribution in [-0.4, -0.2) is 23.9 Å². The summed E-state index contributed by atoms with van der Waals surface area (Å²) in [7, 11) is 0. The fraction of sp³-hybridized carbons (Fsp3) is 0.667. The molecule has 54 valence electrons. The van der Waals surface area contributed by atoms with Crippen LogP contribution in [0.4, 0.5) is 0 Å². The molecule has 1 aliphatic heterocycles. The highest BCUT2D eigenvalue weighted by Gasteiger charge is 2.19. The summed E-state index contributed by atoms with van der Waals surface area (Å²) in [4.78, 5) is 0. The SMILES string of the molecule is C=CCBr.ClCC1CO1. The summed E-state index contributed by atoms with van der Waals surface area (Å²) in [6, 6.07) is 0. The molecule has 0 spiro atoms. The second kappa shape index (κ2) is 6.59. The van der Waals surface area contributed by atoms with Crippen LogP contribution in [-0.2, 0) is 4.74 Å². The smallest absolute Gasteiger partial charge is 0.0944 e. The van der Waals surface area contributed by atoms with E-state index in [0.29, 0.717) is 12.0 Å². The minimum absolute atomic E-state index is 0.400. The molecule has 0 N–H and O–H groups in total. The molecular weight excluding hydrogens is 203 g/mol. The van der Waals surface area contributed by atoms with Crippen LogP contribution >= 0.6 is 27.5 Å². The van der Waals surface area contributed by atoms with Gasteiger partial charge in [-0.2, -0.15) is 0 Å². The molecule has 1 heterocycles.